The molecule has 5 rings (SSSR count). The van der Waals surface area contributed by atoms with Gasteiger partial charge in [0, 0.05) is 0 Å². The molecule has 0 bridgehead atoms. The van der Waals surface area contributed by atoms with Crippen molar-refractivity contribution < 1.29 is 0 Å². The van der Waals surface area contributed by atoms with Gasteiger partial charge in [0.15, 0.2) is 0 Å². The van der Waals surface area contributed by atoms with Crippen molar-refractivity contribution in [3.63, 3.8) is 0 Å². The summed E-state index contributed by atoms with van der Waals surface area (Å²) in [5, 5.41) is 15.5. The van der Waals surface area contributed by atoms with Crippen molar-refractivity contribution in [3.05, 3.63) is 78.6 Å². The first-order chi connectivity index (χ1) is 15.9. The van der Waals surface area contributed by atoms with Crippen LogP contribution in [0.2, 0.25) is 14.8 Å². The van der Waals surface area contributed by atoms with E-state index in [0.717, 1.165) is 43.3 Å². The minimum Gasteiger partial charge on any atom is -0.233 e. The molecular weight excluding hydrogens is 535 g/mol. The van der Waals surface area contributed by atoms with Gasteiger partial charge >= 0.3 is 155 Å². The number of hydrogen-bond donors (Lipinski definition) is 0. The van der Waals surface area contributed by atoms with Crippen LogP contribution in [-0.2, 0) is 0 Å². The molecule has 6 nitrogen and oxygen atoms in total. The SMILES string of the molecule is Cc1nc(Sc2ccc(-c3ccccc3-c3nn[n]([Sn]([CH3])([CH3])[CH3])n3)cc2)c2ccccc2n1. The number of hydrogen-bond acceptors (Lipinski definition) is 6. The van der Waals surface area contributed by atoms with Crippen LogP contribution in [-0.4, -0.2) is 47.0 Å². The number of aromatic nitrogens is 6. The molecule has 0 unspecified atom stereocenters. The number of tetrazole rings is 1. The summed E-state index contributed by atoms with van der Waals surface area (Å²) in [5.41, 5.74) is 4.19. The van der Waals surface area contributed by atoms with Gasteiger partial charge in [-0.3, -0.25) is 0 Å². The number of benzene rings is 3. The number of rotatable bonds is 5. The fourth-order valence-corrected chi connectivity index (χ4v) is 6.56. The van der Waals surface area contributed by atoms with E-state index in [9.17, 15) is 0 Å². The van der Waals surface area contributed by atoms with E-state index >= 15 is 0 Å². The molecule has 0 aliphatic heterocycles. The van der Waals surface area contributed by atoms with E-state index in [0.29, 0.717) is 5.82 Å². The summed E-state index contributed by atoms with van der Waals surface area (Å²) >= 11 is -0.786. The number of nitrogens with zero attached hydrogens (tertiary/aromatic N) is 6. The van der Waals surface area contributed by atoms with Gasteiger partial charge in [-0.15, -0.1) is 0 Å². The Balaban J connectivity index is 1.46. The molecule has 0 aliphatic carbocycles. The topological polar surface area (TPSA) is 69.4 Å². The Kier molecular flexibility index (Phi) is 5.92. The number of para-hydroxylation sites is 1. The molecule has 8 heteroatoms. The number of fused-ring (bicyclic) bond motifs is 1. The van der Waals surface area contributed by atoms with Crippen molar-refractivity contribution in [3.8, 4) is 22.5 Å². The summed E-state index contributed by atoms with van der Waals surface area (Å²) in [5.74, 6) is 1.46. The predicted molar refractivity (Wildman–Crippen MR) is 136 cm³/mol. The van der Waals surface area contributed by atoms with Gasteiger partial charge < -0.3 is 0 Å². The maximum atomic E-state index is 4.72. The van der Waals surface area contributed by atoms with Crippen molar-refractivity contribution in [2.45, 2.75) is 31.7 Å². The Morgan fingerprint density at radius 2 is 1.48 bits per heavy atom. The smallest absolute Gasteiger partial charge is 0.233 e. The van der Waals surface area contributed by atoms with Gasteiger partial charge in [0.25, 0.3) is 0 Å². The molecule has 0 saturated carbocycles. The molecule has 2 aromatic heterocycles. The summed E-state index contributed by atoms with van der Waals surface area (Å²) in [7, 11) is 0. The second-order valence-corrected chi connectivity index (χ2v) is 23.4. The fraction of sp³-hybridized carbons (Fsp3) is 0.160. The average molecular weight is 559 g/mol. The van der Waals surface area contributed by atoms with E-state index < -0.39 is 18.7 Å². The second-order valence-electron chi connectivity index (χ2n) is 8.84. The first-order valence-electron chi connectivity index (χ1n) is 10.8. The van der Waals surface area contributed by atoms with E-state index in [2.05, 4.69) is 77.6 Å². The van der Waals surface area contributed by atoms with E-state index in [1.165, 1.54) is 0 Å². The standard InChI is InChI=1S/C22H15N6S.3CH3.Sn/c1-14-23-20-9-5-4-8-19(20)22(24-14)29-16-12-10-15(11-13-16)17-6-2-3-7-18(17)21-25-27-28-26-21;;;;/h2-13H,1H3;3*1H3;/q-1;;;;+1. The molecule has 0 saturated heterocycles. The van der Waals surface area contributed by atoms with Crippen molar-refractivity contribution >= 4 is 41.3 Å². The number of aryl methyl sites for hydroxylation is 1. The van der Waals surface area contributed by atoms with Crippen LogP contribution in [0.5, 0.6) is 0 Å². The Bertz CT molecular complexity index is 1440. The third-order valence-electron chi connectivity index (χ3n) is 5.24. The van der Waals surface area contributed by atoms with E-state index in [1.807, 2.05) is 40.3 Å². The normalized spacial score (nSPS) is 11.8. The van der Waals surface area contributed by atoms with E-state index in [1.54, 1.807) is 11.8 Å². The Labute approximate surface area is 201 Å². The molecular formula is C25H24N6SSn. The quantitative estimate of drug-likeness (QED) is 0.192. The fourth-order valence-electron chi connectivity index (χ4n) is 3.59. The van der Waals surface area contributed by atoms with Crippen molar-refractivity contribution in [1.82, 2.24) is 28.4 Å². The minimum atomic E-state index is -2.45. The molecule has 0 radical (unpaired) electrons. The van der Waals surface area contributed by atoms with Crippen LogP contribution >= 0.6 is 11.8 Å². The monoisotopic (exact) mass is 560 g/mol. The Morgan fingerprint density at radius 1 is 0.788 bits per heavy atom. The summed E-state index contributed by atoms with van der Waals surface area (Å²) in [6.07, 6.45) is 0. The molecule has 0 N–H and O–H groups in total. The summed E-state index contributed by atoms with van der Waals surface area (Å²) in [6.45, 7) is 1.93. The predicted octanol–water partition coefficient (Wildman–Crippen LogP) is 6.09. The molecule has 0 amide bonds. The maximum absolute atomic E-state index is 4.72. The zero-order valence-electron chi connectivity index (χ0n) is 19.0. The van der Waals surface area contributed by atoms with Crippen LogP contribution in [0.4, 0.5) is 0 Å². The molecule has 33 heavy (non-hydrogen) atoms. The van der Waals surface area contributed by atoms with Crippen LogP contribution in [0, 0.1) is 6.92 Å². The third-order valence-corrected chi connectivity index (χ3v) is 10.2. The van der Waals surface area contributed by atoms with Crippen LogP contribution in [0.1, 0.15) is 5.82 Å². The minimum absolute atomic E-state index is 0.679. The summed E-state index contributed by atoms with van der Waals surface area (Å²) in [4.78, 5) is 17.2. The zero-order valence-corrected chi connectivity index (χ0v) is 22.7. The molecule has 0 atom stereocenters. The van der Waals surface area contributed by atoms with E-state index in [-0.39, 0.29) is 0 Å². The average Bonchev–Trinajstić information content (AvgIpc) is 3.30. The van der Waals surface area contributed by atoms with Gasteiger partial charge in [0.2, 0.25) is 0 Å². The first kappa shape index (κ1) is 22.0. The molecule has 0 spiro atoms. The summed E-state index contributed by atoms with van der Waals surface area (Å²) in [6, 6.07) is 24.9. The van der Waals surface area contributed by atoms with Gasteiger partial charge in [-0.05, 0) is 13.0 Å². The molecule has 2 heterocycles. The van der Waals surface area contributed by atoms with Gasteiger partial charge in [-0.2, -0.15) is 0 Å². The second kappa shape index (κ2) is 8.87. The van der Waals surface area contributed by atoms with Gasteiger partial charge in [-0.25, -0.2) is 4.98 Å². The molecule has 164 valence electrons. The van der Waals surface area contributed by atoms with Crippen LogP contribution < -0.4 is 0 Å². The Hall–Kier alpha value is -2.78. The molecule has 0 aliphatic rings. The molecule has 5 aromatic rings. The van der Waals surface area contributed by atoms with Crippen molar-refractivity contribution in [2.75, 3.05) is 0 Å². The van der Waals surface area contributed by atoms with Gasteiger partial charge in [0.1, 0.15) is 5.82 Å². The zero-order chi connectivity index (χ0) is 23.0. The van der Waals surface area contributed by atoms with Gasteiger partial charge in [-0.1, -0.05) is 18.2 Å². The van der Waals surface area contributed by atoms with Crippen molar-refractivity contribution in [1.29, 1.82) is 0 Å². The van der Waals surface area contributed by atoms with Crippen molar-refractivity contribution in [2.24, 2.45) is 0 Å². The van der Waals surface area contributed by atoms with Crippen LogP contribution in [0.25, 0.3) is 33.4 Å². The van der Waals surface area contributed by atoms with Crippen LogP contribution in [0.15, 0.2) is 82.7 Å². The molecule has 0 fully saturated rings. The third kappa shape index (κ3) is 4.65. The van der Waals surface area contributed by atoms with Crippen LogP contribution in [0.3, 0.4) is 0 Å². The molecule has 3 aromatic carbocycles. The van der Waals surface area contributed by atoms with Gasteiger partial charge in [0.05, 0.1) is 5.52 Å². The van der Waals surface area contributed by atoms with E-state index in [4.69, 9.17) is 5.10 Å². The summed E-state index contributed by atoms with van der Waals surface area (Å²) < 4.78 is 1.87. The Morgan fingerprint density at radius 3 is 2.21 bits per heavy atom. The first-order valence-corrected chi connectivity index (χ1v) is 21.5.